The third-order valence-electron chi connectivity index (χ3n) is 3.13. The molecule has 2 rings (SSSR count). The zero-order valence-electron chi connectivity index (χ0n) is 10.9. The topological polar surface area (TPSA) is 49.2 Å². The first-order valence-electron chi connectivity index (χ1n) is 6.02. The number of hydrogen-bond donors (Lipinski definition) is 1. The summed E-state index contributed by atoms with van der Waals surface area (Å²) in [6, 6.07) is 7.87. The molecule has 100 valence electrons. The van der Waals surface area contributed by atoms with E-state index in [0.29, 0.717) is 5.69 Å². The van der Waals surface area contributed by atoms with Crippen molar-refractivity contribution in [1.82, 2.24) is 9.97 Å². The molecule has 1 atom stereocenters. The molecule has 5 heteroatoms. The van der Waals surface area contributed by atoms with Gasteiger partial charge in [0.1, 0.15) is 5.82 Å². The minimum absolute atomic E-state index is 0.107. The zero-order chi connectivity index (χ0) is 13.8. The molecule has 0 spiro atoms. The molecule has 0 radical (unpaired) electrons. The third-order valence-corrected chi connectivity index (χ3v) is 3.38. The van der Waals surface area contributed by atoms with E-state index in [0.717, 1.165) is 16.4 Å². The molecule has 0 saturated carbocycles. The number of benzene rings is 1. The van der Waals surface area contributed by atoms with Crippen LogP contribution in [0.2, 0.25) is 5.02 Å². The molecule has 0 fully saturated rings. The molecule has 4 nitrogen and oxygen atoms in total. The lowest BCUT2D eigenvalue weighted by Crippen LogP contribution is -2.23. The van der Waals surface area contributed by atoms with Crippen LogP contribution >= 0.6 is 11.6 Å². The Bertz CT molecular complexity index is 545. The number of aliphatic hydroxyl groups is 1. The fourth-order valence-electron chi connectivity index (χ4n) is 1.80. The van der Waals surface area contributed by atoms with E-state index in [1.807, 2.05) is 36.2 Å². The van der Waals surface area contributed by atoms with Gasteiger partial charge < -0.3 is 10.0 Å². The number of rotatable bonds is 4. The van der Waals surface area contributed by atoms with Crippen LogP contribution in [0.3, 0.4) is 0 Å². The molecule has 1 heterocycles. The van der Waals surface area contributed by atoms with Crippen LogP contribution in [0, 0.1) is 0 Å². The van der Waals surface area contributed by atoms with E-state index in [9.17, 15) is 0 Å². The first-order chi connectivity index (χ1) is 9.11. The number of hydrogen-bond acceptors (Lipinski definition) is 4. The van der Waals surface area contributed by atoms with Crippen molar-refractivity contribution in [3.05, 3.63) is 52.9 Å². The standard InChI is InChI=1S/C14H16ClN3O/c1-10(11-3-5-12(15)6-4-11)18(2)14-8-16-7-13(9-19)17-14/h3-8,10,19H,9H2,1-2H3. The van der Waals surface area contributed by atoms with Crippen molar-refractivity contribution in [2.24, 2.45) is 0 Å². The number of halogens is 1. The van der Waals surface area contributed by atoms with Gasteiger partial charge in [-0.05, 0) is 24.6 Å². The molecule has 1 unspecified atom stereocenters. The summed E-state index contributed by atoms with van der Waals surface area (Å²) in [5.74, 6) is 0.731. The summed E-state index contributed by atoms with van der Waals surface area (Å²) in [4.78, 5) is 10.4. The smallest absolute Gasteiger partial charge is 0.147 e. The maximum Gasteiger partial charge on any atom is 0.147 e. The predicted molar refractivity (Wildman–Crippen MR) is 76.2 cm³/mol. The molecule has 0 aliphatic heterocycles. The monoisotopic (exact) mass is 277 g/mol. The molecule has 1 aromatic heterocycles. The average molecular weight is 278 g/mol. The summed E-state index contributed by atoms with van der Waals surface area (Å²) in [5, 5.41) is 9.82. The minimum Gasteiger partial charge on any atom is -0.390 e. The first-order valence-corrected chi connectivity index (χ1v) is 6.39. The molecule has 0 saturated heterocycles. The van der Waals surface area contributed by atoms with Crippen LogP contribution in [-0.4, -0.2) is 22.1 Å². The third kappa shape index (κ3) is 3.22. The van der Waals surface area contributed by atoms with Gasteiger partial charge in [-0.1, -0.05) is 23.7 Å². The number of aliphatic hydroxyl groups excluding tert-OH is 1. The maximum atomic E-state index is 9.09. The highest BCUT2D eigenvalue weighted by atomic mass is 35.5. The highest BCUT2D eigenvalue weighted by Gasteiger charge is 2.14. The molecule has 1 aromatic carbocycles. The van der Waals surface area contributed by atoms with Crippen LogP contribution in [0.5, 0.6) is 0 Å². The van der Waals surface area contributed by atoms with Crippen molar-refractivity contribution in [1.29, 1.82) is 0 Å². The quantitative estimate of drug-likeness (QED) is 0.934. The van der Waals surface area contributed by atoms with E-state index in [-0.39, 0.29) is 12.6 Å². The van der Waals surface area contributed by atoms with Crippen LogP contribution in [0.4, 0.5) is 5.82 Å². The van der Waals surface area contributed by atoms with E-state index in [1.54, 1.807) is 12.4 Å². The molecule has 0 aliphatic rings. The van der Waals surface area contributed by atoms with Crippen molar-refractivity contribution in [3.8, 4) is 0 Å². The normalized spacial score (nSPS) is 12.2. The summed E-state index contributed by atoms with van der Waals surface area (Å²) >= 11 is 5.89. The van der Waals surface area contributed by atoms with Gasteiger partial charge in [-0.3, -0.25) is 4.98 Å². The molecule has 1 N–H and O–H groups in total. The van der Waals surface area contributed by atoms with E-state index in [1.165, 1.54) is 0 Å². The lowest BCUT2D eigenvalue weighted by Gasteiger charge is -2.26. The molecule has 0 bridgehead atoms. The van der Waals surface area contributed by atoms with Gasteiger partial charge in [0.2, 0.25) is 0 Å². The van der Waals surface area contributed by atoms with E-state index < -0.39 is 0 Å². The van der Waals surface area contributed by atoms with E-state index >= 15 is 0 Å². The van der Waals surface area contributed by atoms with Gasteiger partial charge in [-0.25, -0.2) is 4.98 Å². The number of anilines is 1. The first kappa shape index (κ1) is 13.8. The molecular weight excluding hydrogens is 262 g/mol. The molecule has 0 amide bonds. The lowest BCUT2D eigenvalue weighted by atomic mass is 10.1. The summed E-state index contributed by atoms with van der Waals surface area (Å²) in [6.45, 7) is 1.97. The van der Waals surface area contributed by atoms with Gasteiger partial charge in [0.25, 0.3) is 0 Å². The Kier molecular flexibility index (Phi) is 4.35. The molecule has 19 heavy (non-hydrogen) atoms. The van der Waals surface area contributed by atoms with Gasteiger partial charge in [-0.15, -0.1) is 0 Å². The highest BCUT2D eigenvalue weighted by molar-refractivity contribution is 6.30. The average Bonchev–Trinajstić information content (AvgIpc) is 2.46. The Morgan fingerprint density at radius 2 is 1.95 bits per heavy atom. The fourth-order valence-corrected chi connectivity index (χ4v) is 1.93. The van der Waals surface area contributed by atoms with Gasteiger partial charge in [-0.2, -0.15) is 0 Å². The molecule has 2 aromatic rings. The minimum atomic E-state index is -0.107. The fraction of sp³-hybridized carbons (Fsp3) is 0.286. The Hall–Kier alpha value is -1.65. The predicted octanol–water partition coefficient (Wildman–Crippen LogP) is 2.82. The van der Waals surface area contributed by atoms with Crippen molar-refractivity contribution in [2.45, 2.75) is 19.6 Å². The summed E-state index contributed by atoms with van der Waals surface area (Å²) in [6.07, 6.45) is 3.25. The second-order valence-corrected chi connectivity index (χ2v) is 4.80. The Labute approximate surface area is 117 Å². The summed E-state index contributed by atoms with van der Waals surface area (Å²) in [5.41, 5.74) is 1.70. The van der Waals surface area contributed by atoms with Crippen LogP contribution in [0.1, 0.15) is 24.2 Å². The van der Waals surface area contributed by atoms with Gasteiger partial charge in [0, 0.05) is 12.1 Å². The number of nitrogens with zero attached hydrogens (tertiary/aromatic N) is 3. The Balaban J connectivity index is 2.22. The van der Waals surface area contributed by atoms with Crippen molar-refractivity contribution in [2.75, 3.05) is 11.9 Å². The van der Waals surface area contributed by atoms with Crippen LogP contribution < -0.4 is 4.90 Å². The second-order valence-electron chi connectivity index (χ2n) is 4.37. The van der Waals surface area contributed by atoms with Gasteiger partial charge >= 0.3 is 0 Å². The largest absolute Gasteiger partial charge is 0.390 e. The van der Waals surface area contributed by atoms with E-state index in [2.05, 4.69) is 16.9 Å². The number of aromatic nitrogens is 2. The molecular formula is C14H16ClN3O. The van der Waals surface area contributed by atoms with Crippen LogP contribution in [0.25, 0.3) is 0 Å². The van der Waals surface area contributed by atoms with Crippen molar-refractivity contribution >= 4 is 17.4 Å². The Morgan fingerprint density at radius 3 is 2.58 bits per heavy atom. The molecule has 0 aliphatic carbocycles. The SMILES string of the molecule is CC(c1ccc(Cl)cc1)N(C)c1cncc(CO)n1. The van der Waals surface area contributed by atoms with Crippen LogP contribution in [0.15, 0.2) is 36.7 Å². The van der Waals surface area contributed by atoms with Crippen LogP contribution in [-0.2, 0) is 6.61 Å². The van der Waals surface area contributed by atoms with Gasteiger partial charge in [0.05, 0.1) is 30.7 Å². The van der Waals surface area contributed by atoms with Gasteiger partial charge in [0.15, 0.2) is 0 Å². The second kappa shape index (κ2) is 5.99. The van der Waals surface area contributed by atoms with Crippen molar-refractivity contribution < 1.29 is 5.11 Å². The zero-order valence-corrected chi connectivity index (χ0v) is 11.7. The lowest BCUT2D eigenvalue weighted by molar-refractivity contribution is 0.276. The highest BCUT2D eigenvalue weighted by Crippen LogP contribution is 2.24. The summed E-state index contributed by atoms with van der Waals surface area (Å²) < 4.78 is 0. The summed E-state index contributed by atoms with van der Waals surface area (Å²) in [7, 11) is 1.95. The maximum absolute atomic E-state index is 9.09. The Morgan fingerprint density at radius 1 is 1.26 bits per heavy atom. The van der Waals surface area contributed by atoms with Crippen molar-refractivity contribution in [3.63, 3.8) is 0 Å². The van der Waals surface area contributed by atoms with E-state index in [4.69, 9.17) is 16.7 Å².